The van der Waals surface area contributed by atoms with Gasteiger partial charge in [0.2, 0.25) is 0 Å². The van der Waals surface area contributed by atoms with Crippen molar-refractivity contribution in [2.24, 2.45) is 0 Å². The van der Waals surface area contributed by atoms with Crippen molar-refractivity contribution in [3.8, 4) is 0 Å². The number of pyridine rings is 1. The summed E-state index contributed by atoms with van der Waals surface area (Å²) < 4.78 is 0. The first kappa shape index (κ1) is 15.0. The third kappa shape index (κ3) is 3.82. The number of hydrogen-bond donors (Lipinski definition) is 2. The van der Waals surface area contributed by atoms with E-state index in [4.69, 9.17) is 5.11 Å². The van der Waals surface area contributed by atoms with Crippen molar-refractivity contribution >= 4 is 23.2 Å². The van der Waals surface area contributed by atoms with Gasteiger partial charge in [-0.3, -0.25) is 4.79 Å². The molecule has 2 rings (SSSR count). The molecule has 7 nitrogen and oxygen atoms in total. The van der Waals surface area contributed by atoms with Crippen molar-refractivity contribution in [3.63, 3.8) is 0 Å². The van der Waals surface area contributed by atoms with E-state index in [1.165, 1.54) is 29.5 Å². The SMILES string of the molecule is CC(C)c1nnc(CNC(=O)c2cccc(C(=O)O)n2)s1. The van der Waals surface area contributed by atoms with Gasteiger partial charge >= 0.3 is 5.97 Å². The van der Waals surface area contributed by atoms with Gasteiger partial charge in [-0.15, -0.1) is 10.2 Å². The maximum absolute atomic E-state index is 11.9. The van der Waals surface area contributed by atoms with E-state index in [2.05, 4.69) is 20.5 Å². The Bertz CT molecular complexity index is 669. The molecule has 0 radical (unpaired) electrons. The molecule has 0 aromatic carbocycles. The van der Waals surface area contributed by atoms with Crippen LogP contribution in [0.25, 0.3) is 0 Å². The van der Waals surface area contributed by atoms with Crippen molar-refractivity contribution in [1.29, 1.82) is 0 Å². The normalized spacial score (nSPS) is 10.6. The average Bonchev–Trinajstić information content (AvgIpc) is 2.94. The lowest BCUT2D eigenvalue weighted by Crippen LogP contribution is -2.24. The van der Waals surface area contributed by atoms with Crippen LogP contribution in [0.5, 0.6) is 0 Å². The molecule has 2 N–H and O–H groups in total. The molecule has 110 valence electrons. The maximum Gasteiger partial charge on any atom is 0.354 e. The van der Waals surface area contributed by atoms with E-state index in [-0.39, 0.29) is 17.9 Å². The number of nitrogens with one attached hydrogen (secondary N) is 1. The summed E-state index contributed by atoms with van der Waals surface area (Å²) >= 11 is 1.43. The molecule has 1 amide bonds. The highest BCUT2D eigenvalue weighted by molar-refractivity contribution is 7.11. The van der Waals surface area contributed by atoms with Crippen LogP contribution < -0.4 is 5.32 Å². The van der Waals surface area contributed by atoms with E-state index in [9.17, 15) is 9.59 Å². The van der Waals surface area contributed by atoms with Gasteiger partial charge in [0, 0.05) is 5.92 Å². The summed E-state index contributed by atoms with van der Waals surface area (Å²) in [6.07, 6.45) is 0. The molecule has 0 saturated carbocycles. The van der Waals surface area contributed by atoms with Crippen molar-refractivity contribution in [2.75, 3.05) is 0 Å². The van der Waals surface area contributed by atoms with Gasteiger partial charge in [-0.1, -0.05) is 31.3 Å². The summed E-state index contributed by atoms with van der Waals surface area (Å²) in [5.74, 6) is -1.32. The Hall–Kier alpha value is -2.35. The Kier molecular flexibility index (Phi) is 4.59. The fourth-order valence-corrected chi connectivity index (χ4v) is 2.28. The Morgan fingerprint density at radius 3 is 2.62 bits per heavy atom. The summed E-state index contributed by atoms with van der Waals surface area (Å²) in [5, 5.41) is 21.1. The standard InChI is InChI=1S/C13H14N4O3S/c1-7(2)12-17-16-10(21-12)6-14-11(18)8-4-3-5-9(15-8)13(19)20/h3-5,7H,6H2,1-2H3,(H,14,18)(H,19,20). The van der Waals surface area contributed by atoms with Crippen molar-refractivity contribution in [2.45, 2.75) is 26.3 Å². The maximum atomic E-state index is 11.9. The fraction of sp³-hybridized carbons (Fsp3) is 0.308. The van der Waals surface area contributed by atoms with Crippen LogP contribution in [0.3, 0.4) is 0 Å². The van der Waals surface area contributed by atoms with Gasteiger partial charge < -0.3 is 10.4 Å². The van der Waals surface area contributed by atoms with Crippen molar-refractivity contribution < 1.29 is 14.7 Å². The average molecular weight is 306 g/mol. The predicted molar refractivity (Wildman–Crippen MR) is 76.4 cm³/mol. The first-order valence-corrected chi connectivity index (χ1v) is 7.10. The summed E-state index contributed by atoms with van der Waals surface area (Å²) in [6.45, 7) is 4.27. The molecule has 8 heteroatoms. The van der Waals surface area contributed by atoms with Crippen LogP contribution in [-0.2, 0) is 6.54 Å². The van der Waals surface area contributed by atoms with E-state index in [0.29, 0.717) is 10.9 Å². The number of aromatic carboxylic acids is 1. The minimum Gasteiger partial charge on any atom is -0.477 e. The van der Waals surface area contributed by atoms with E-state index >= 15 is 0 Å². The fourth-order valence-electron chi connectivity index (χ4n) is 1.50. The molecule has 0 aliphatic carbocycles. The highest BCUT2D eigenvalue weighted by Crippen LogP contribution is 2.18. The zero-order chi connectivity index (χ0) is 15.4. The number of rotatable bonds is 5. The van der Waals surface area contributed by atoms with Gasteiger partial charge in [-0.25, -0.2) is 9.78 Å². The Balaban J connectivity index is 2.01. The predicted octanol–water partition coefficient (Wildman–Crippen LogP) is 1.68. The Morgan fingerprint density at radius 2 is 2.00 bits per heavy atom. The number of amides is 1. The first-order valence-electron chi connectivity index (χ1n) is 6.28. The molecule has 0 aliphatic rings. The van der Waals surface area contributed by atoms with Crippen LogP contribution in [-0.4, -0.2) is 32.2 Å². The van der Waals surface area contributed by atoms with Gasteiger partial charge in [0.05, 0.1) is 6.54 Å². The van der Waals surface area contributed by atoms with Gasteiger partial charge in [0.15, 0.2) is 0 Å². The van der Waals surface area contributed by atoms with Crippen molar-refractivity contribution in [3.05, 3.63) is 39.6 Å². The number of nitrogens with zero attached hydrogens (tertiary/aromatic N) is 3. The second kappa shape index (κ2) is 6.40. The molecule has 0 fully saturated rings. The lowest BCUT2D eigenvalue weighted by atomic mass is 10.2. The first-order chi connectivity index (χ1) is 9.97. The smallest absolute Gasteiger partial charge is 0.354 e. The molecule has 21 heavy (non-hydrogen) atoms. The zero-order valence-corrected chi connectivity index (χ0v) is 12.3. The summed E-state index contributed by atoms with van der Waals surface area (Å²) in [5.41, 5.74) is -0.107. The summed E-state index contributed by atoms with van der Waals surface area (Å²) in [4.78, 5) is 26.5. The third-order valence-corrected chi connectivity index (χ3v) is 3.80. The molecule has 0 bridgehead atoms. The molecular formula is C13H14N4O3S. The number of carboxylic acids is 1. The largest absolute Gasteiger partial charge is 0.477 e. The second-order valence-corrected chi connectivity index (χ2v) is 5.68. The minimum atomic E-state index is -1.17. The van der Waals surface area contributed by atoms with Gasteiger partial charge in [0.25, 0.3) is 5.91 Å². The number of aromatic nitrogens is 3. The third-order valence-electron chi connectivity index (χ3n) is 2.58. The molecule has 2 heterocycles. The van der Waals surface area contributed by atoms with Crippen LogP contribution in [0.15, 0.2) is 18.2 Å². The lowest BCUT2D eigenvalue weighted by molar-refractivity contribution is 0.0690. The molecule has 2 aromatic rings. The molecule has 0 atom stereocenters. The Morgan fingerprint density at radius 1 is 1.29 bits per heavy atom. The molecule has 0 spiro atoms. The van der Waals surface area contributed by atoms with Gasteiger partial charge in [0.1, 0.15) is 21.4 Å². The second-order valence-electron chi connectivity index (χ2n) is 4.58. The monoisotopic (exact) mass is 306 g/mol. The zero-order valence-electron chi connectivity index (χ0n) is 11.5. The molecular weight excluding hydrogens is 292 g/mol. The quantitative estimate of drug-likeness (QED) is 0.870. The van der Waals surface area contributed by atoms with Crippen LogP contribution in [0.4, 0.5) is 0 Å². The molecule has 0 saturated heterocycles. The highest BCUT2D eigenvalue weighted by Gasteiger charge is 2.13. The van der Waals surface area contributed by atoms with Gasteiger partial charge in [-0.05, 0) is 12.1 Å². The minimum absolute atomic E-state index is 0.0588. The summed E-state index contributed by atoms with van der Waals surface area (Å²) in [7, 11) is 0. The molecule has 0 unspecified atom stereocenters. The number of hydrogen-bond acceptors (Lipinski definition) is 6. The van der Waals surface area contributed by atoms with E-state index in [1.54, 1.807) is 0 Å². The van der Waals surface area contributed by atoms with Crippen LogP contribution in [0.2, 0.25) is 0 Å². The molecule has 2 aromatic heterocycles. The molecule has 0 aliphatic heterocycles. The lowest BCUT2D eigenvalue weighted by Gasteiger charge is -2.03. The van der Waals surface area contributed by atoms with Gasteiger partial charge in [-0.2, -0.15) is 0 Å². The number of carboxylic acid groups (broad SMARTS) is 1. The summed E-state index contributed by atoms with van der Waals surface area (Å²) in [6, 6.07) is 4.27. The van der Waals surface area contributed by atoms with E-state index in [0.717, 1.165) is 5.01 Å². The van der Waals surface area contributed by atoms with E-state index in [1.807, 2.05) is 13.8 Å². The van der Waals surface area contributed by atoms with Crippen LogP contribution in [0.1, 0.15) is 50.8 Å². The Labute approximate surface area is 125 Å². The highest BCUT2D eigenvalue weighted by atomic mass is 32.1. The van der Waals surface area contributed by atoms with Crippen molar-refractivity contribution in [1.82, 2.24) is 20.5 Å². The van der Waals surface area contributed by atoms with Crippen LogP contribution >= 0.6 is 11.3 Å². The number of carbonyl (C=O) groups is 2. The number of carbonyl (C=O) groups excluding carboxylic acids is 1. The topological polar surface area (TPSA) is 105 Å². The van der Waals surface area contributed by atoms with E-state index < -0.39 is 11.9 Å². The van der Waals surface area contributed by atoms with Crippen LogP contribution in [0, 0.1) is 0 Å².